The highest BCUT2D eigenvalue weighted by molar-refractivity contribution is 5.82. The van der Waals surface area contributed by atoms with E-state index in [1.54, 1.807) is 40.6 Å². The van der Waals surface area contributed by atoms with Gasteiger partial charge in [-0.25, -0.2) is 9.37 Å². The van der Waals surface area contributed by atoms with Crippen molar-refractivity contribution < 1.29 is 17.6 Å². The molecule has 4 rings (SSSR count). The first-order valence-electron chi connectivity index (χ1n) is 7.22. The van der Waals surface area contributed by atoms with Crippen molar-refractivity contribution in [1.82, 2.24) is 9.38 Å². The molecule has 120 valence electrons. The van der Waals surface area contributed by atoms with E-state index < -0.39 is 12.1 Å². The first-order valence-corrected chi connectivity index (χ1v) is 7.22. The van der Waals surface area contributed by atoms with Crippen molar-refractivity contribution in [3.05, 3.63) is 41.8 Å². The molecule has 0 atom stereocenters. The zero-order valence-electron chi connectivity index (χ0n) is 12.2. The van der Waals surface area contributed by atoms with E-state index in [1.807, 2.05) is 0 Å². The van der Waals surface area contributed by atoms with Gasteiger partial charge in [0.25, 0.3) is 0 Å². The number of imidazole rings is 1. The van der Waals surface area contributed by atoms with Crippen LogP contribution in [0.2, 0.25) is 0 Å². The first kappa shape index (κ1) is 14.3. The van der Waals surface area contributed by atoms with Gasteiger partial charge in [-0.1, -0.05) is 0 Å². The zero-order valence-corrected chi connectivity index (χ0v) is 12.2. The van der Waals surface area contributed by atoms with Gasteiger partial charge in [0.05, 0.1) is 17.0 Å². The third kappa shape index (κ3) is 2.22. The zero-order chi connectivity index (χ0) is 16.4. The van der Waals surface area contributed by atoms with E-state index in [4.69, 9.17) is 0 Å². The van der Waals surface area contributed by atoms with Gasteiger partial charge in [0, 0.05) is 37.1 Å². The van der Waals surface area contributed by atoms with E-state index in [0.29, 0.717) is 27.9 Å². The lowest BCUT2D eigenvalue weighted by Gasteiger charge is -2.41. The van der Waals surface area contributed by atoms with Gasteiger partial charge in [0.2, 0.25) is 0 Å². The van der Waals surface area contributed by atoms with Crippen molar-refractivity contribution in [2.75, 3.05) is 18.0 Å². The maximum atomic E-state index is 13.7. The summed E-state index contributed by atoms with van der Waals surface area (Å²) in [5, 5.41) is 0. The molecule has 0 bridgehead atoms. The van der Waals surface area contributed by atoms with Crippen LogP contribution in [0.15, 0.2) is 30.5 Å². The highest BCUT2D eigenvalue weighted by Gasteiger charge is 2.47. The predicted molar refractivity (Wildman–Crippen MR) is 79.2 cm³/mol. The third-order valence-electron chi connectivity index (χ3n) is 4.38. The molecule has 1 saturated heterocycles. The summed E-state index contributed by atoms with van der Waals surface area (Å²) < 4.78 is 53.2. The van der Waals surface area contributed by atoms with Gasteiger partial charge in [-0.2, -0.15) is 13.2 Å². The van der Waals surface area contributed by atoms with Crippen molar-refractivity contribution >= 4 is 22.4 Å². The van der Waals surface area contributed by atoms with Crippen molar-refractivity contribution in [3.8, 4) is 0 Å². The third-order valence-corrected chi connectivity index (χ3v) is 4.38. The second kappa shape index (κ2) is 4.59. The minimum Gasteiger partial charge on any atom is -0.370 e. The van der Waals surface area contributed by atoms with Crippen molar-refractivity contribution in [2.45, 2.75) is 13.1 Å². The standard InChI is InChI=1S/C16H13F4N3/c1-9-4-13-14(6-12(9)17)23-3-2-11(5-15(23)21-13)22-7-10(8-22)16(18,19)20/h2-6,10H,7-8H2,1H3. The van der Waals surface area contributed by atoms with Crippen LogP contribution >= 0.6 is 0 Å². The van der Waals surface area contributed by atoms with Gasteiger partial charge < -0.3 is 4.90 Å². The fourth-order valence-electron chi connectivity index (χ4n) is 2.92. The molecule has 23 heavy (non-hydrogen) atoms. The molecular weight excluding hydrogens is 310 g/mol. The van der Waals surface area contributed by atoms with Crippen LogP contribution in [0.3, 0.4) is 0 Å². The Morgan fingerprint density at radius 2 is 1.91 bits per heavy atom. The number of benzene rings is 1. The first-order chi connectivity index (χ1) is 10.8. The number of aromatic nitrogens is 2. The number of hydrogen-bond acceptors (Lipinski definition) is 2. The summed E-state index contributed by atoms with van der Waals surface area (Å²) >= 11 is 0. The number of anilines is 1. The summed E-state index contributed by atoms with van der Waals surface area (Å²) in [6.45, 7) is 1.60. The molecule has 0 amide bonds. The van der Waals surface area contributed by atoms with Crippen molar-refractivity contribution in [2.24, 2.45) is 5.92 Å². The number of fused-ring (bicyclic) bond motifs is 3. The SMILES string of the molecule is Cc1cc2nc3cc(N4CC(C(F)(F)F)C4)ccn3c2cc1F. The quantitative estimate of drug-likeness (QED) is 0.633. The molecule has 0 unspecified atom stereocenters. The molecule has 0 radical (unpaired) electrons. The second-order valence-corrected chi connectivity index (χ2v) is 5.96. The number of rotatable bonds is 1. The largest absolute Gasteiger partial charge is 0.395 e. The smallest absolute Gasteiger partial charge is 0.370 e. The molecule has 3 heterocycles. The lowest BCUT2D eigenvalue weighted by Crippen LogP contribution is -2.53. The number of halogens is 4. The molecule has 1 aliphatic rings. The maximum Gasteiger partial charge on any atom is 0.395 e. The van der Waals surface area contributed by atoms with Crippen LogP contribution in [0.25, 0.3) is 16.7 Å². The molecule has 1 aromatic carbocycles. The Kier molecular flexibility index (Phi) is 2.86. The van der Waals surface area contributed by atoms with Crippen LogP contribution in [0.5, 0.6) is 0 Å². The molecule has 3 aromatic rings. The summed E-state index contributed by atoms with van der Waals surface area (Å²) in [6.07, 6.45) is -2.42. The number of aryl methyl sites for hydroxylation is 1. The Labute approximate surface area is 129 Å². The predicted octanol–water partition coefficient (Wildman–Crippen LogP) is 3.93. The molecule has 2 aromatic heterocycles. The molecule has 0 spiro atoms. The van der Waals surface area contributed by atoms with Gasteiger partial charge >= 0.3 is 6.18 Å². The highest BCUT2D eigenvalue weighted by atomic mass is 19.4. The Morgan fingerprint density at radius 3 is 2.61 bits per heavy atom. The highest BCUT2D eigenvalue weighted by Crippen LogP contribution is 2.36. The van der Waals surface area contributed by atoms with Crippen LogP contribution in [-0.2, 0) is 0 Å². The van der Waals surface area contributed by atoms with Gasteiger partial charge in [-0.3, -0.25) is 4.40 Å². The van der Waals surface area contributed by atoms with Crippen LogP contribution in [0.1, 0.15) is 5.56 Å². The van der Waals surface area contributed by atoms with Crippen LogP contribution in [-0.4, -0.2) is 28.7 Å². The van der Waals surface area contributed by atoms with E-state index in [-0.39, 0.29) is 18.9 Å². The average Bonchev–Trinajstić information content (AvgIpc) is 2.73. The van der Waals surface area contributed by atoms with E-state index >= 15 is 0 Å². The number of hydrogen-bond donors (Lipinski definition) is 0. The number of alkyl halides is 3. The Balaban J connectivity index is 1.71. The summed E-state index contributed by atoms with van der Waals surface area (Å²) in [5.41, 5.74) is 3.12. The molecule has 1 fully saturated rings. The maximum absolute atomic E-state index is 13.7. The minimum atomic E-state index is -4.14. The molecule has 7 heteroatoms. The van der Waals surface area contributed by atoms with E-state index in [0.717, 1.165) is 0 Å². The summed E-state index contributed by atoms with van der Waals surface area (Å²) in [5.74, 6) is -1.58. The number of pyridine rings is 1. The molecule has 3 nitrogen and oxygen atoms in total. The molecule has 0 N–H and O–H groups in total. The fourth-order valence-corrected chi connectivity index (χ4v) is 2.92. The average molecular weight is 323 g/mol. The van der Waals surface area contributed by atoms with Gasteiger partial charge in [0.15, 0.2) is 0 Å². The van der Waals surface area contributed by atoms with Crippen molar-refractivity contribution in [1.29, 1.82) is 0 Å². The van der Waals surface area contributed by atoms with Gasteiger partial charge in [-0.15, -0.1) is 0 Å². The molecule has 1 aliphatic heterocycles. The normalized spacial score (nSPS) is 16.3. The molecular formula is C16H13F4N3. The Hall–Kier alpha value is -2.31. The van der Waals surface area contributed by atoms with Crippen LogP contribution < -0.4 is 4.90 Å². The Bertz CT molecular complexity index is 907. The second-order valence-electron chi connectivity index (χ2n) is 5.96. The monoisotopic (exact) mass is 323 g/mol. The topological polar surface area (TPSA) is 20.5 Å². The number of nitrogens with zero attached hydrogens (tertiary/aromatic N) is 3. The summed E-state index contributed by atoms with van der Waals surface area (Å²) in [4.78, 5) is 6.10. The molecule has 0 aliphatic carbocycles. The van der Waals surface area contributed by atoms with Crippen molar-refractivity contribution in [3.63, 3.8) is 0 Å². The van der Waals surface area contributed by atoms with Gasteiger partial charge in [-0.05, 0) is 24.6 Å². The van der Waals surface area contributed by atoms with Crippen LogP contribution in [0, 0.1) is 18.7 Å². The summed E-state index contributed by atoms with van der Waals surface area (Å²) in [6, 6.07) is 6.56. The van der Waals surface area contributed by atoms with E-state index in [2.05, 4.69) is 4.98 Å². The molecule has 0 saturated carbocycles. The Morgan fingerprint density at radius 1 is 1.17 bits per heavy atom. The van der Waals surface area contributed by atoms with E-state index in [1.165, 1.54) is 6.07 Å². The lowest BCUT2D eigenvalue weighted by molar-refractivity contribution is -0.180. The van der Waals surface area contributed by atoms with E-state index in [9.17, 15) is 17.6 Å². The van der Waals surface area contributed by atoms with Gasteiger partial charge in [0.1, 0.15) is 11.5 Å². The minimum absolute atomic E-state index is 0.0341. The lowest BCUT2D eigenvalue weighted by atomic mass is 9.99. The fraction of sp³-hybridized carbons (Fsp3) is 0.312. The summed E-state index contributed by atoms with van der Waals surface area (Å²) in [7, 11) is 0. The van der Waals surface area contributed by atoms with Crippen LogP contribution in [0.4, 0.5) is 23.2 Å².